The smallest absolute Gasteiger partial charge is 0.368 e. The minimum Gasteiger partial charge on any atom is -0.368 e. The summed E-state index contributed by atoms with van der Waals surface area (Å²) in [6.07, 6.45) is 3.31. The highest BCUT2D eigenvalue weighted by Gasteiger charge is 2.27. The van der Waals surface area contributed by atoms with Gasteiger partial charge in [0.05, 0.1) is 0 Å². The normalized spacial score (nSPS) is 16.0. The van der Waals surface area contributed by atoms with Crippen LogP contribution in [0, 0.1) is 0 Å². The first kappa shape index (κ1) is 15.9. The van der Waals surface area contributed by atoms with Crippen molar-refractivity contribution in [2.24, 2.45) is 0 Å². The number of anilines is 3. The van der Waals surface area contributed by atoms with E-state index in [1.165, 1.54) is 6.42 Å². The minimum absolute atomic E-state index is 0.0662. The quantitative estimate of drug-likeness (QED) is 0.804. The van der Waals surface area contributed by atoms with Crippen LogP contribution in [0.5, 0.6) is 0 Å². The molecule has 118 valence electrons. The third-order valence-corrected chi connectivity index (χ3v) is 3.67. The number of thioether (sulfide) groups is 1. The van der Waals surface area contributed by atoms with E-state index in [0.29, 0.717) is 5.95 Å². The van der Waals surface area contributed by atoms with Gasteiger partial charge in [0.2, 0.25) is 17.8 Å². The molecule has 6 nitrogen and oxygen atoms in total. The van der Waals surface area contributed by atoms with Crippen LogP contribution in [0.2, 0.25) is 0 Å². The van der Waals surface area contributed by atoms with Crippen LogP contribution >= 0.6 is 11.8 Å². The molecule has 0 atom stereocenters. The number of hydrogen-bond donors (Lipinski definition) is 2. The number of nitrogens with zero attached hydrogens (tertiary/aromatic N) is 4. The van der Waals surface area contributed by atoms with Gasteiger partial charge in [-0.3, -0.25) is 0 Å². The highest BCUT2D eigenvalue weighted by atomic mass is 32.2. The fraction of sp³-hybridized carbons (Fsp3) is 0.727. The van der Waals surface area contributed by atoms with Gasteiger partial charge in [-0.15, -0.1) is 0 Å². The van der Waals surface area contributed by atoms with Crippen molar-refractivity contribution in [3.63, 3.8) is 0 Å². The summed E-state index contributed by atoms with van der Waals surface area (Å²) in [7, 11) is 0. The Balaban J connectivity index is 1.92. The molecule has 0 bridgehead atoms. The molecule has 2 heterocycles. The standard InChI is InChI=1S/C11H17F3N6S/c12-11(13,14)21-7-4-16-9-17-8(15)18-10(19-9)20-5-2-1-3-6-20/h1-7H2,(H3,15,16,17,18,19). The number of halogens is 3. The van der Waals surface area contributed by atoms with Gasteiger partial charge in [0, 0.05) is 25.4 Å². The molecule has 0 aromatic carbocycles. The van der Waals surface area contributed by atoms with Crippen molar-refractivity contribution in [2.75, 3.05) is 41.3 Å². The average molecular weight is 322 g/mol. The molecule has 1 saturated heterocycles. The largest absolute Gasteiger partial charge is 0.441 e. The van der Waals surface area contributed by atoms with Crippen LogP contribution in [0.3, 0.4) is 0 Å². The summed E-state index contributed by atoms with van der Waals surface area (Å²) in [6, 6.07) is 0. The van der Waals surface area contributed by atoms with E-state index < -0.39 is 5.51 Å². The molecule has 0 radical (unpaired) electrons. The second kappa shape index (κ2) is 7.01. The predicted molar refractivity (Wildman–Crippen MR) is 77.3 cm³/mol. The fourth-order valence-corrected chi connectivity index (χ4v) is 2.46. The van der Waals surface area contributed by atoms with E-state index in [-0.39, 0.29) is 36.0 Å². The zero-order chi connectivity index (χ0) is 15.3. The lowest BCUT2D eigenvalue weighted by atomic mass is 10.1. The Morgan fingerprint density at radius 2 is 1.86 bits per heavy atom. The van der Waals surface area contributed by atoms with Crippen LogP contribution < -0.4 is 16.0 Å². The van der Waals surface area contributed by atoms with Crippen LogP contribution in [0.1, 0.15) is 19.3 Å². The minimum atomic E-state index is -4.22. The van der Waals surface area contributed by atoms with Gasteiger partial charge in [0.25, 0.3) is 0 Å². The molecular weight excluding hydrogens is 305 g/mol. The topological polar surface area (TPSA) is 80.0 Å². The van der Waals surface area contributed by atoms with Gasteiger partial charge in [-0.2, -0.15) is 28.1 Å². The van der Waals surface area contributed by atoms with E-state index in [0.717, 1.165) is 25.9 Å². The Labute approximate surface area is 124 Å². The highest BCUT2D eigenvalue weighted by Crippen LogP contribution is 2.29. The highest BCUT2D eigenvalue weighted by molar-refractivity contribution is 8.00. The molecular formula is C11H17F3N6S. The number of aromatic nitrogens is 3. The van der Waals surface area contributed by atoms with Crippen LogP contribution in [-0.4, -0.2) is 45.8 Å². The zero-order valence-electron chi connectivity index (χ0n) is 11.4. The molecule has 2 rings (SSSR count). The molecule has 0 aliphatic carbocycles. The van der Waals surface area contributed by atoms with Crippen molar-refractivity contribution in [1.82, 2.24) is 15.0 Å². The first-order valence-electron chi connectivity index (χ1n) is 6.65. The Morgan fingerprint density at radius 1 is 1.14 bits per heavy atom. The van der Waals surface area contributed by atoms with Gasteiger partial charge in [-0.1, -0.05) is 0 Å². The van der Waals surface area contributed by atoms with E-state index in [1.807, 2.05) is 4.90 Å². The summed E-state index contributed by atoms with van der Waals surface area (Å²) in [5.41, 5.74) is 1.40. The van der Waals surface area contributed by atoms with Gasteiger partial charge >= 0.3 is 5.51 Å². The summed E-state index contributed by atoms with van der Waals surface area (Å²) in [6.45, 7) is 1.81. The predicted octanol–water partition coefficient (Wildman–Crippen LogP) is 2.11. The number of nitrogens with two attached hydrogens (primary N) is 1. The second-order valence-electron chi connectivity index (χ2n) is 4.59. The van der Waals surface area contributed by atoms with Crippen molar-refractivity contribution in [3.05, 3.63) is 0 Å². The summed E-state index contributed by atoms with van der Waals surface area (Å²) < 4.78 is 36.1. The first-order chi connectivity index (χ1) is 9.94. The third-order valence-electron chi connectivity index (χ3n) is 2.93. The van der Waals surface area contributed by atoms with Crippen molar-refractivity contribution in [3.8, 4) is 0 Å². The van der Waals surface area contributed by atoms with Crippen molar-refractivity contribution in [2.45, 2.75) is 24.8 Å². The summed E-state index contributed by atoms with van der Waals surface area (Å²) in [4.78, 5) is 14.2. The third kappa shape index (κ3) is 5.44. The maximum absolute atomic E-state index is 12.0. The van der Waals surface area contributed by atoms with Gasteiger partial charge in [-0.05, 0) is 31.0 Å². The van der Waals surface area contributed by atoms with Gasteiger partial charge < -0.3 is 16.0 Å². The van der Waals surface area contributed by atoms with Crippen LogP contribution in [0.15, 0.2) is 0 Å². The molecule has 3 N–H and O–H groups in total. The van der Waals surface area contributed by atoms with Crippen molar-refractivity contribution in [1.29, 1.82) is 0 Å². The maximum Gasteiger partial charge on any atom is 0.441 e. The number of rotatable bonds is 5. The molecule has 0 saturated carbocycles. The number of piperidine rings is 1. The Kier molecular flexibility index (Phi) is 5.32. The van der Waals surface area contributed by atoms with Crippen molar-refractivity contribution < 1.29 is 13.2 Å². The summed E-state index contributed by atoms with van der Waals surface area (Å²) in [5, 5.41) is 2.75. The first-order valence-corrected chi connectivity index (χ1v) is 7.64. The number of nitrogens with one attached hydrogen (secondary N) is 1. The molecule has 0 unspecified atom stereocenters. The molecule has 1 fully saturated rings. The molecule has 0 spiro atoms. The van der Waals surface area contributed by atoms with Gasteiger partial charge in [-0.25, -0.2) is 0 Å². The molecule has 0 amide bonds. The lowest BCUT2D eigenvalue weighted by Gasteiger charge is -2.26. The van der Waals surface area contributed by atoms with Crippen LogP contribution in [-0.2, 0) is 0 Å². The van der Waals surface area contributed by atoms with Crippen molar-refractivity contribution >= 4 is 29.6 Å². The molecule has 21 heavy (non-hydrogen) atoms. The Morgan fingerprint density at radius 3 is 2.52 bits per heavy atom. The van der Waals surface area contributed by atoms with Gasteiger partial charge in [0.1, 0.15) is 0 Å². The number of nitrogen functional groups attached to an aromatic ring is 1. The number of hydrogen-bond acceptors (Lipinski definition) is 7. The van der Waals surface area contributed by atoms with E-state index in [1.54, 1.807) is 0 Å². The van der Waals surface area contributed by atoms with E-state index in [2.05, 4.69) is 20.3 Å². The Bertz CT molecular complexity index is 464. The zero-order valence-corrected chi connectivity index (χ0v) is 12.2. The van der Waals surface area contributed by atoms with E-state index in [9.17, 15) is 13.2 Å². The van der Waals surface area contributed by atoms with Crippen LogP contribution in [0.25, 0.3) is 0 Å². The van der Waals surface area contributed by atoms with Gasteiger partial charge in [0.15, 0.2) is 0 Å². The van der Waals surface area contributed by atoms with E-state index >= 15 is 0 Å². The summed E-state index contributed by atoms with van der Waals surface area (Å²) >= 11 is -0.0861. The molecule has 1 aliphatic rings. The molecule has 10 heteroatoms. The SMILES string of the molecule is Nc1nc(NCCSC(F)(F)F)nc(N2CCCCC2)n1. The van der Waals surface area contributed by atoms with E-state index in [4.69, 9.17) is 5.73 Å². The second-order valence-corrected chi connectivity index (χ2v) is 5.75. The summed E-state index contributed by atoms with van der Waals surface area (Å²) in [5.74, 6) is 0.643. The lowest BCUT2D eigenvalue weighted by Crippen LogP contribution is -2.31. The fourth-order valence-electron chi connectivity index (χ4n) is 2.02. The lowest BCUT2D eigenvalue weighted by molar-refractivity contribution is -0.0327. The number of alkyl halides is 3. The van der Waals surface area contributed by atoms with Crippen LogP contribution in [0.4, 0.5) is 31.0 Å². The Hall–Kier alpha value is -1.45. The molecule has 1 aromatic heterocycles. The maximum atomic E-state index is 12.0. The molecule has 1 aliphatic heterocycles. The molecule has 1 aromatic rings. The average Bonchev–Trinajstić information content (AvgIpc) is 2.43. The monoisotopic (exact) mass is 322 g/mol.